The molecule has 1 saturated carbocycles. The van der Waals surface area contributed by atoms with Crippen molar-refractivity contribution in [2.24, 2.45) is 0 Å². The van der Waals surface area contributed by atoms with Crippen LogP contribution < -0.4 is 10.0 Å². The summed E-state index contributed by atoms with van der Waals surface area (Å²) in [4.78, 5) is 17.3. The molecule has 1 aliphatic carbocycles. The fourth-order valence-corrected chi connectivity index (χ4v) is 4.58. The molecule has 1 aliphatic rings. The van der Waals surface area contributed by atoms with Gasteiger partial charge in [-0.15, -0.1) is 0 Å². The molecule has 1 fully saturated rings. The molecule has 4 aromatic rings. The number of hydrogen-bond donors (Lipinski definition) is 2. The number of benzene rings is 3. The molecule has 0 aliphatic heterocycles. The first-order chi connectivity index (χ1) is 15.8. The van der Waals surface area contributed by atoms with E-state index >= 15 is 0 Å². The highest BCUT2D eigenvalue weighted by Gasteiger charge is 2.29. The summed E-state index contributed by atoms with van der Waals surface area (Å²) in [7, 11) is -4.10. The molecule has 0 radical (unpaired) electrons. The maximum atomic E-state index is 13.9. The summed E-state index contributed by atoms with van der Waals surface area (Å²) in [6, 6.07) is 14.8. The zero-order chi connectivity index (χ0) is 23.2. The minimum atomic E-state index is -4.10. The molecular weight excluding hydrogens is 445 g/mol. The van der Waals surface area contributed by atoms with E-state index in [9.17, 15) is 17.6 Å². The predicted octanol–water partition coefficient (Wildman–Crippen LogP) is 5.21. The number of carbonyl (C=O) groups excluding carboxylic acids is 1. The van der Waals surface area contributed by atoms with Gasteiger partial charge in [0.25, 0.3) is 15.9 Å². The van der Waals surface area contributed by atoms with Gasteiger partial charge in [0.2, 0.25) is 0 Å². The Morgan fingerprint density at radius 2 is 1.88 bits per heavy atom. The molecule has 0 unspecified atom stereocenters. The molecule has 5 rings (SSSR count). The molecule has 7 nitrogen and oxygen atoms in total. The van der Waals surface area contributed by atoms with E-state index in [1.807, 2.05) is 0 Å². The molecule has 9 heteroatoms. The molecule has 3 aromatic carbocycles. The quantitative estimate of drug-likeness (QED) is 0.407. The third-order valence-corrected chi connectivity index (χ3v) is 6.83. The van der Waals surface area contributed by atoms with Crippen molar-refractivity contribution in [1.29, 1.82) is 0 Å². The zero-order valence-corrected chi connectivity index (χ0v) is 18.4. The third-order valence-electron chi connectivity index (χ3n) is 5.47. The van der Waals surface area contributed by atoms with Gasteiger partial charge < -0.3 is 9.73 Å². The van der Waals surface area contributed by atoms with Crippen molar-refractivity contribution < 1.29 is 22.0 Å². The van der Waals surface area contributed by atoms with Gasteiger partial charge in [0.05, 0.1) is 10.6 Å². The number of oxazole rings is 1. The second-order valence-electron chi connectivity index (χ2n) is 8.03. The zero-order valence-electron chi connectivity index (χ0n) is 17.6. The number of aromatic nitrogens is 1. The Bertz CT molecular complexity index is 1490. The average Bonchev–Trinajstić information content (AvgIpc) is 3.54. The van der Waals surface area contributed by atoms with Crippen LogP contribution >= 0.6 is 0 Å². The standard InChI is InChI=1S/C24H20FN3O4S/c1-14-6-10-17(33(30,31)28-20-5-3-2-4-19(20)25)13-18(14)23(29)26-16-9-11-22-21(12-16)27-24(32-22)15-7-8-15/h2-6,9-13,15,28H,7-8H2,1H3,(H,26,29). The number of aryl methyl sites for hydroxylation is 1. The van der Waals surface area contributed by atoms with Crippen molar-refractivity contribution in [3.63, 3.8) is 0 Å². The highest BCUT2D eigenvalue weighted by molar-refractivity contribution is 7.92. The van der Waals surface area contributed by atoms with E-state index in [0.29, 0.717) is 34.2 Å². The van der Waals surface area contributed by atoms with Crippen LogP contribution in [0.4, 0.5) is 15.8 Å². The molecule has 168 valence electrons. The lowest BCUT2D eigenvalue weighted by Crippen LogP contribution is -2.17. The second-order valence-corrected chi connectivity index (χ2v) is 9.71. The number of anilines is 2. The van der Waals surface area contributed by atoms with Crippen molar-refractivity contribution in [2.45, 2.75) is 30.6 Å². The van der Waals surface area contributed by atoms with Gasteiger partial charge in [-0.3, -0.25) is 9.52 Å². The number of sulfonamides is 1. The summed E-state index contributed by atoms with van der Waals surface area (Å²) < 4.78 is 47.4. The number of rotatable bonds is 6. The molecule has 0 spiro atoms. The van der Waals surface area contributed by atoms with Crippen LogP contribution in [0.25, 0.3) is 11.1 Å². The Balaban J connectivity index is 1.40. The van der Waals surface area contributed by atoms with Gasteiger partial charge in [0.15, 0.2) is 11.5 Å². The lowest BCUT2D eigenvalue weighted by molar-refractivity contribution is 0.102. The van der Waals surface area contributed by atoms with Crippen molar-refractivity contribution in [1.82, 2.24) is 4.98 Å². The van der Waals surface area contributed by atoms with E-state index < -0.39 is 21.7 Å². The highest BCUT2D eigenvalue weighted by atomic mass is 32.2. The maximum Gasteiger partial charge on any atom is 0.262 e. The third kappa shape index (κ3) is 4.31. The van der Waals surface area contributed by atoms with E-state index in [4.69, 9.17) is 4.42 Å². The fourth-order valence-electron chi connectivity index (χ4n) is 3.49. The summed E-state index contributed by atoms with van der Waals surface area (Å²) in [5.74, 6) is -0.0784. The SMILES string of the molecule is Cc1ccc(S(=O)(=O)Nc2ccccc2F)cc1C(=O)Nc1ccc2oc(C3CC3)nc2c1. The van der Waals surface area contributed by atoms with Crippen LogP contribution in [0.15, 0.2) is 70.0 Å². The van der Waals surface area contributed by atoms with Crippen LogP contribution in [-0.2, 0) is 10.0 Å². The van der Waals surface area contributed by atoms with Gasteiger partial charge in [-0.25, -0.2) is 17.8 Å². The summed E-state index contributed by atoms with van der Waals surface area (Å²) in [6.45, 7) is 1.71. The number of halogens is 1. The Morgan fingerprint density at radius 3 is 2.64 bits per heavy atom. The summed E-state index contributed by atoms with van der Waals surface area (Å²) in [5.41, 5.74) is 2.42. The van der Waals surface area contributed by atoms with Crippen LogP contribution in [0.1, 0.15) is 40.6 Å². The van der Waals surface area contributed by atoms with E-state index in [0.717, 1.165) is 18.9 Å². The van der Waals surface area contributed by atoms with Crippen LogP contribution in [0.5, 0.6) is 0 Å². The minimum Gasteiger partial charge on any atom is -0.440 e. The molecule has 0 saturated heterocycles. The Morgan fingerprint density at radius 1 is 1.09 bits per heavy atom. The van der Waals surface area contributed by atoms with Gasteiger partial charge in [-0.1, -0.05) is 18.2 Å². The monoisotopic (exact) mass is 465 g/mol. The number of hydrogen-bond acceptors (Lipinski definition) is 5. The van der Waals surface area contributed by atoms with Gasteiger partial charge >= 0.3 is 0 Å². The second kappa shape index (κ2) is 8.00. The predicted molar refractivity (Wildman–Crippen MR) is 122 cm³/mol. The van der Waals surface area contributed by atoms with Gasteiger partial charge in [-0.2, -0.15) is 0 Å². The first-order valence-electron chi connectivity index (χ1n) is 10.4. The van der Waals surface area contributed by atoms with Crippen molar-refractivity contribution in [3.05, 3.63) is 83.5 Å². The summed E-state index contributed by atoms with van der Waals surface area (Å²) in [6.07, 6.45) is 2.14. The van der Waals surface area contributed by atoms with E-state index in [1.165, 1.54) is 36.4 Å². The lowest BCUT2D eigenvalue weighted by atomic mass is 10.1. The number of nitrogens with zero attached hydrogens (tertiary/aromatic N) is 1. The molecule has 1 heterocycles. The number of para-hydroxylation sites is 1. The Labute approximate surface area is 189 Å². The normalized spacial score (nSPS) is 13.8. The molecule has 0 bridgehead atoms. The maximum absolute atomic E-state index is 13.9. The van der Waals surface area contributed by atoms with Crippen molar-refractivity contribution >= 4 is 38.4 Å². The number of nitrogens with one attached hydrogen (secondary N) is 2. The topological polar surface area (TPSA) is 101 Å². The van der Waals surface area contributed by atoms with E-state index in [-0.39, 0.29) is 16.1 Å². The van der Waals surface area contributed by atoms with Gasteiger partial charge in [0.1, 0.15) is 11.3 Å². The largest absolute Gasteiger partial charge is 0.440 e. The molecule has 33 heavy (non-hydrogen) atoms. The van der Waals surface area contributed by atoms with Gasteiger partial charge in [-0.05, 0) is 67.8 Å². The summed E-state index contributed by atoms with van der Waals surface area (Å²) >= 11 is 0. The van der Waals surface area contributed by atoms with E-state index in [1.54, 1.807) is 25.1 Å². The van der Waals surface area contributed by atoms with Crippen LogP contribution in [0.2, 0.25) is 0 Å². The summed E-state index contributed by atoms with van der Waals surface area (Å²) in [5, 5.41) is 2.79. The molecule has 1 aromatic heterocycles. The Kier molecular flexibility index (Phi) is 5.13. The number of amides is 1. The average molecular weight is 466 g/mol. The van der Waals surface area contributed by atoms with Crippen LogP contribution in [-0.4, -0.2) is 19.3 Å². The smallest absolute Gasteiger partial charge is 0.262 e. The van der Waals surface area contributed by atoms with Crippen LogP contribution in [0, 0.1) is 12.7 Å². The molecule has 0 atom stereocenters. The fraction of sp³-hybridized carbons (Fsp3) is 0.167. The van der Waals surface area contributed by atoms with Gasteiger partial charge in [0, 0.05) is 17.2 Å². The molecule has 2 N–H and O–H groups in total. The molecular formula is C24H20FN3O4S. The molecule has 1 amide bonds. The number of carbonyl (C=O) groups is 1. The number of fused-ring (bicyclic) bond motifs is 1. The first-order valence-corrected chi connectivity index (χ1v) is 11.9. The van der Waals surface area contributed by atoms with Crippen molar-refractivity contribution in [2.75, 3.05) is 10.0 Å². The van der Waals surface area contributed by atoms with E-state index in [2.05, 4.69) is 15.0 Å². The Hall–Kier alpha value is -3.72. The minimum absolute atomic E-state index is 0.150. The lowest BCUT2D eigenvalue weighted by Gasteiger charge is -2.12. The first kappa shape index (κ1) is 21.1. The van der Waals surface area contributed by atoms with Crippen molar-refractivity contribution in [3.8, 4) is 0 Å². The van der Waals surface area contributed by atoms with Crippen LogP contribution in [0.3, 0.4) is 0 Å². The highest BCUT2D eigenvalue weighted by Crippen LogP contribution is 2.40.